The van der Waals surface area contributed by atoms with E-state index in [2.05, 4.69) is 4.98 Å². The third-order valence-corrected chi connectivity index (χ3v) is 2.45. The molecule has 0 saturated carbocycles. The first-order valence-corrected chi connectivity index (χ1v) is 5.06. The number of rotatable bonds is 2. The van der Waals surface area contributed by atoms with E-state index in [9.17, 15) is 9.90 Å². The smallest absolute Gasteiger partial charge is 0.248 e. The second-order valence-electron chi connectivity index (χ2n) is 3.61. The minimum atomic E-state index is -0.114. The second-order valence-corrected chi connectivity index (χ2v) is 3.61. The molecule has 3 nitrogen and oxygen atoms in total. The van der Waals surface area contributed by atoms with Crippen molar-refractivity contribution >= 4 is 10.9 Å². The Balaban J connectivity index is 2.81. The van der Waals surface area contributed by atoms with Crippen LogP contribution in [0.25, 0.3) is 10.9 Å². The summed E-state index contributed by atoms with van der Waals surface area (Å²) in [5.74, 6) is 0.229. The number of phenols is 1. The highest BCUT2D eigenvalue weighted by molar-refractivity contribution is 5.87. The third-order valence-electron chi connectivity index (χ3n) is 2.45. The lowest BCUT2D eigenvalue weighted by atomic mass is 10.0. The van der Waals surface area contributed by atoms with Crippen molar-refractivity contribution in [1.29, 1.82) is 0 Å². The summed E-state index contributed by atoms with van der Waals surface area (Å²) in [7, 11) is 0. The van der Waals surface area contributed by atoms with Gasteiger partial charge in [0.2, 0.25) is 5.56 Å². The molecule has 0 spiro atoms. The van der Waals surface area contributed by atoms with E-state index in [1.807, 2.05) is 6.92 Å². The molecule has 0 aliphatic heterocycles. The Morgan fingerprint density at radius 2 is 2.20 bits per heavy atom. The summed E-state index contributed by atoms with van der Waals surface area (Å²) in [6.07, 6.45) is 1.75. The van der Waals surface area contributed by atoms with Crippen molar-refractivity contribution in [3.8, 4) is 5.75 Å². The van der Waals surface area contributed by atoms with Crippen molar-refractivity contribution < 1.29 is 5.11 Å². The lowest BCUT2D eigenvalue weighted by Gasteiger charge is -2.06. The Morgan fingerprint density at radius 1 is 1.40 bits per heavy atom. The van der Waals surface area contributed by atoms with Crippen LogP contribution in [0.1, 0.15) is 18.9 Å². The highest BCUT2D eigenvalue weighted by Crippen LogP contribution is 2.25. The van der Waals surface area contributed by atoms with E-state index >= 15 is 0 Å². The van der Waals surface area contributed by atoms with Gasteiger partial charge in [0.25, 0.3) is 0 Å². The Morgan fingerprint density at radius 3 is 2.93 bits per heavy atom. The van der Waals surface area contributed by atoms with Gasteiger partial charge in [-0.15, -0.1) is 0 Å². The standard InChI is InChI=1S/C12H13NO2/c1-2-4-8-7-11(15)13-9-5-3-6-10(14)12(8)9/h3,5-7,14H,2,4H2,1H3,(H,13,15). The first-order valence-electron chi connectivity index (χ1n) is 5.06. The molecule has 2 rings (SSSR count). The molecular weight excluding hydrogens is 190 g/mol. The third kappa shape index (κ3) is 1.73. The van der Waals surface area contributed by atoms with Crippen LogP contribution >= 0.6 is 0 Å². The molecule has 0 aliphatic rings. The first kappa shape index (κ1) is 9.77. The number of pyridine rings is 1. The number of fused-ring (bicyclic) bond motifs is 1. The molecule has 0 atom stereocenters. The number of aromatic nitrogens is 1. The molecule has 0 fully saturated rings. The molecule has 1 aromatic carbocycles. The molecule has 1 heterocycles. The quantitative estimate of drug-likeness (QED) is 0.786. The fourth-order valence-corrected chi connectivity index (χ4v) is 1.85. The second kappa shape index (κ2) is 3.77. The van der Waals surface area contributed by atoms with Crippen molar-refractivity contribution in [3.05, 3.63) is 40.2 Å². The zero-order valence-electron chi connectivity index (χ0n) is 8.58. The Bertz CT molecular complexity index is 543. The minimum Gasteiger partial charge on any atom is -0.507 e. The number of aromatic amines is 1. The van der Waals surface area contributed by atoms with Crippen molar-refractivity contribution in [2.24, 2.45) is 0 Å². The highest BCUT2D eigenvalue weighted by Gasteiger charge is 2.06. The van der Waals surface area contributed by atoms with Crippen molar-refractivity contribution in [2.75, 3.05) is 0 Å². The van der Waals surface area contributed by atoms with Gasteiger partial charge in [0.05, 0.1) is 5.52 Å². The van der Waals surface area contributed by atoms with E-state index < -0.39 is 0 Å². The minimum absolute atomic E-state index is 0.114. The maximum absolute atomic E-state index is 11.4. The molecule has 0 radical (unpaired) electrons. The SMILES string of the molecule is CCCc1cc(=O)[nH]c2cccc(O)c12. The largest absolute Gasteiger partial charge is 0.507 e. The van der Waals surface area contributed by atoms with E-state index in [1.54, 1.807) is 24.3 Å². The van der Waals surface area contributed by atoms with Gasteiger partial charge in [0.15, 0.2) is 0 Å². The molecule has 78 valence electrons. The number of H-pyrrole nitrogens is 1. The zero-order chi connectivity index (χ0) is 10.8. The van der Waals surface area contributed by atoms with E-state index in [4.69, 9.17) is 0 Å². The van der Waals surface area contributed by atoms with Gasteiger partial charge in [-0.2, -0.15) is 0 Å². The summed E-state index contributed by atoms with van der Waals surface area (Å²) in [5, 5.41) is 10.5. The molecule has 0 amide bonds. The fourth-order valence-electron chi connectivity index (χ4n) is 1.85. The number of nitrogens with one attached hydrogen (secondary N) is 1. The topological polar surface area (TPSA) is 53.1 Å². The zero-order valence-corrected chi connectivity index (χ0v) is 8.58. The van der Waals surface area contributed by atoms with Crippen LogP contribution in [0.3, 0.4) is 0 Å². The highest BCUT2D eigenvalue weighted by atomic mass is 16.3. The predicted molar refractivity (Wildman–Crippen MR) is 60.2 cm³/mol. The van der Waals surface area contributed by atoms with Gasteiger partial charge in [0.1, 0.15) is 5.75 Å². The van der Waals surface area contributed by atoms with Gasteiger partial charge >= 0.3 is 0 Å². The number of hydrogen-bond acceptors (Lipinski definition) is 2. The van der Waals surface area contributed by atoms with Gasteiger partial charge in [-0.25, -0.2) is 0 Å². The molecular formula is C12H13NO2. The first-order chi connectivity index (χ1) is 7.22. The van der Waals surface area contributed by atoms with E-state index in [1.165, 1.54) is 0 Å². The molecule has 2 aromatic rings. The summed E-state index contributed by atoms with van der Waals surface area (Å²) in [4.78, 5) is 14.1. The molecule has 1 aromatic heterocycles. The van der Waals surface area contributed by atoms with Gasteiger partial charge in [-0.3, -0.25) is 4.79 Å². The summed E-state index contributed by atoms with van der Waals surface area (Å²) in [5.41, 5.74) is 1.50. The predicted octanol–water partition coefficient (Wildman–Crippen LogP) is 2.19. The Labute approximate surface area is 87.4 Å². The molecule has 0 aliphatic carbocycles. The van der Waals surface area contributed by atoms with Gasteiger partial charge in [-0.1, -0.05) is 19.4 Å². The Kier molecular flexibility index (Phi) is 2.46. The number of phenolic OH excluding ortho intramolecular Hbond substituents is 1. The number of hydrogen-bond donors (Lipinski definition) is 2. The lowest BCUT2D eigenvalue weighted by Crippen LogP contribution is -2.06. The normalized spacial score (nSPS) is 10.7. The average Bonchev–Trinajstić information content (AvgIpc) is 2.17. The van der Waals surface area contributed by atoms with Crippen LogP contribution in [0.5, 0.6) is 5.75 Å². The fraction of sp³-hybridized carbons (Fsp3) is 0.250. The molecule has 2 N–H and O–H groups in total. The van der Waals surface area contributed by atoms with E-state index in [-0.39, 0.29) is 11.3 Å². The van der Waals surface area contributed by atoms with Crippen molar-refractivity contribution in [1.82, 2.24) is 4.98 Å². The van der Waals surface area contributed by atoms with Gasteiger partial charge < -0.3 is 10.1 Å². The molecule has 0 saturated heterocycles. The summed E-state index contributed by atoms with van der Waals surface area (Å²) >= 11 is 0. The van der Waals surface area contributed by atoms with Gasteiger partial charge in [0, 0.05) is 11.5 Å². The van der Waals surface area contributed by atoms with Crippen LogP contribution in [0, 0.1) is 0 Å². The van der Waals surface area contributed by atoms with Crippen LogP contribution in [0.4, 0.5) is 0 Å². The van der Waals surface area contributed by atoms with Crippen molar-refractivity contribution in [2.45, 2.75) is 19.8 Å². The van der Waals surface area contributed by atoms with Crippen molar-refractivity contribution in [3.63, 3.8) is 0 Å². The Hall–Kier alpha value is -1.77. The molecule has 3 heteroatoms. The molecule has 0 unspecified atom stereocenters. The summed E-state index contributed by atoms with van der Waals surface area (Å²) in [6.45, 7) is 2.05. The number of benzene rings is 1. The summed E-state index contributed by atoms with van der Waals surface area (Å²) in [6, 6.07) is 6.73. The van der Waals surface area contributed by atoms with Crippen LogP contribution in [0.2, 0.25) is 0 Å². The van der Waals surface area contributed by atoms with Gasteiger partial charge in [-0.05, 0) is 24.1 Å². The van der Waals surface area contributed by atoms with Crippen LogP contribution in [-0.2, 0) is 6.42 Å². The summed E-state index contributed by atoms with van der Waals surface area (Å²) < 4.78 is 0. The molecule has 0 bridgehead atoms. The van der Waals surface area contributed by atoms with Crippen LogP contribution < -0.4 is 5.56 Å². The van der Waals surface area contributed by atoms with E-state index in [0.717, 1.165) is 23.8 Å². The number of aromatic hydroxyl groups is 1. The maximum Gasteiger partial charge on any atom is 0.248 e. The maximum atomic E-state index is 11.4. The lowest BCUT2D eigenvalue weighted by molar-refractivity contribution is 0.481. The van der Waals surface area contributed by atoms with E-state index in [0.29, 0.717) is 5.52 Å². The monoisotopic (exact) mass is 203 g/mol. The van der Waals surface area contributed by atoms with Crippen LogP contribution in [0.15, 0.2) is 29.1 Å². The van der Waals surface area contributed by atoms with Crippen LogP contribution in [-0.4, -0.2) is 10.1 Å². The average molecular weight is 203 g/mol. The molecule has 15 heavy (non-hydrogen) atoms. The number of aryl methyl sites for hydroxylation is 1.